The summed E-state index contributed by atoms with van der Waals surface area (Å²) in [4.78, 5) is 14.2. The Morgan fingerprint density at radius 2 is 2.17 bits per heavy atom. The highest BCUT2D eigenvalue weighted by molar-refractivity contribution is 9.10. The average molecular weight is 309 g/mol. The van der Waals surface area contributed by atoms with E-state index in [-0.39, 0.29) is 5.69 Å². The fraction of sp³-hybridized carbons (Fsp3) is 0.0833. The minimum absolute atomic E-state index is 0.0127. The molecule has 0 spiro atoms. The summed E-state index contributed by atoms with van der Waals surface area (Å²) in [5.74, 6) is 0.787. The first-order valence-electron chi connectivity index (χ1n) is 5.11. The summed E-state index contributed by atoms with van der Waals surface area (Å²) < 4.78 is 6.35. The van der Waals surface area contributed by atoms with E-state index in [1.165, 1.54) is 12.1 Å². The molecule has 2 aromatic rings. The Kier molecular flexibility index (Phi) is 3.57. The monoisotopic (exact) mass is 308 g/mol. The van der Waals surface area contributed by atoms with Gasteiger partial charge in [-0.2, -0.15) is 0 Å². The van der Waals surface area contributed by atoms with E-state index < -0.39 is 4.92 Å². The number of hydrogen-bond acceptors (Lipinski definition) is 4. The summed E-state index contributed by atoms with van der Waals surface area (Å²) in [7, 11) is 0. The Bertz CT molecular complexity index is 602. The molecule has 0 unspecified atom stereocenters. The van der Waals surface area contributed by atoms with Crippen molar-refractivity contribution in [1.29, 1.82) is 0 Å². The Morgan fingerprint density at radius 3 is 2.83 bits per heavy atom. The molecule has 0 aliphatic carbocycles. The summed E-state index contributed by atoms with van der Waals surface area (Å²) in [6.45, 7) is 1.91. The number of non-ortho nitro benzene ring substituents is 1. The van der Waals surface area contributed by atoms with E-state index in [4.69, 9.17) is 4.74 Å². The van der Waals surface area contributed by atoms with Crippen LogP contribution in [-0.2, 0) is 0 Å². The van der Waals surface area contributed by atoms with Crippen LogP contribution in [0.4, 0.5) is 5.69 Å². The SMILES string of the molecule is Cc1cc(Oc2cccc([N+](=O)[O-])c2)ncc1Br. The van der Waals surface area contributed by atoms with Gasteiger partial charge in [0.05, 0.1) is 11.0 Å². The van der Waals surface area contributed by atoms with E-state index in [2.05, 4.69) is 20.9 Å². The van der Waals surface area contributed by atoms with E-state index >= 15 is 0 Å². The highest BCUT2D eigenvalue weighted by Gasteiger charge is 2.08. The van der Waals surface area contributed by atoms with Crippen molar-refractivity contribution in [3.8, 4) is 11.6 Å². The summed E-state index contributed by atoms with van der Waals surface area (Å²) in [6.07, 6.45) is 1.63. The topological polar surface area (TPSA) is 65.3 Å². The van der Waals surface area contributed by atoms with E-state index in [1.54, 1.807) is 24.4 Å². The molecule has 92 valence electrons. The molecule has 0 N–H and O–H groups in total. The predicted molar refractivity (Wildman–Crippen MR) is 69.8 cm³/mol. The predicted octanol–water partition coefficient (Wildman–Crippen LogP) is 3.85. The van der Waals surface area contributed by atoms with Crippen LogP contribution in [-0.4, -0.2) is 9.91 Å². The number of nitro groups is 1. The van der Waals surface area contributed by atoms with Crippen LogP contribution < -0.4 is 4.74 Å². The zero-order valence-electron chi connectivity index (χ0n) is 9.46. The second-order valence-corrected chi connectivity index (χ2v) is 4.48. The van der Waals surface area contributed by atoms with Gasteiger partial charge in [-0.1, -0.05) is 6.07 Å². The standard InChI is InChI=1S/C12H9BrN2O3/c1-8-5-12(14-7-11(8)13)18-10-4-2-3-9(6-10)15(16)17/h2-7H,1H3. The number of hydrogen-bond donors (Lipinski definition) is 0. The molecule has 1 aromatic heterocycles. The highest BCUT2D eigenvalue weighted by Crippen LogP contribution is 2.26. The summed E-state index contributed by atoms with van der Waals surface area (Å²) >= 11 is 3.34. The smallest absolute Gasteiger partial charge is 0.273 e. The van der Waals surface area contributed by atoms with Crippen LogP contribution in [0.2, 0.25) is 0 Å². The molecule has 5 nitrogen and oxygen atoms in total. The van der Waals surface area contributed by atoms with Crippen molar-refractivity contribution in [2.45, 2.75) is 6.92 Å². The van der Waals surface area contributed by atoms with Gasteiger partial charge < -0.3 is 4.74 Å². The molecular weight excluding hydrogens is 300 g/mol. The molecule has 1 heterocycles. The number of benzene rings is 1. The van der Waals surface area contributed by atoms with Crippen LogP contribution in [0.15, 0.2) is 41.0 Å². The third kappa shape index (κ3) is 2.84. The van der Waals surface area contributed by atoms with Gasteiger partial charge >= 0.3 is 0 Å². The molecule has 1 aromatic carbocycles. The molecule has 0 radical (unpaired) electrons. The number of halogens is 1. The maximum atomic E-state index is 10.6. The highest BCUT2D eigenvalue weighted by atomic mass is 79.9. The van der Waals surface area contributed by atoms with Crippen molar-refractivity contribution in [1.82, 2.24) is 4.98 Å². The summed E-state index contributed by atoms with van der Waals surface area (Å²) in [5.41, 5.74) is 0.965. The van der Waals surface area contributed by atoms with Crippen LogP contribution in [0.3, 0.4) is 0 Å². The first kappa shape index (κ1) is 12.5. The third-order valence-electron chi connectivity index (χ3n) is 2.27. The van der Waals surface area contributed by atoms with Crippen molar-refractivity contribution in [3.05, 3.63) is 56.7 Å². The summed E-state index contributed by atoms with van der Waals surface area (Å²) in [6, 6.07) is 7.74. The zero-order valence-corrected chi connectivity index (χ0v) is 11.0. The molecule has 0 fully saturated rings. The van der Waals surface area contributed by atoms with Crippen molar-refractivity contribution < 1.29 is 9.66 Å². The van der Waals surface area contributed by atoms with E-state index in [1.807, 2.05) is 6.92 Å². The molecule has 0 bridgehead atoms. The normalized spacial score (nSPS) is 10.1. The molecule has 6 heteroatoms. The molecular formula is C12H9BrN2O3. The van der Waals surface area contributed by atoms with Crippen LogP contribution in [0.25, 0.3) is 0 Å². The minimum Gasteiger partial charge on any atom is -0.439 e. The van der Waals surface area contributed by atoms with Crippen LogP contribution in [0, 0.1) is 17.0 Å². The first-order chi connectivity index (χ1) is 8.56. The van der Waals surface area contributed by atoms with Gasteiger partial charge in [0.15, 0.2) is 0 Å². The fourth-order valence-electron chi connectivity index (χ4n) is 1.35. The molecule has 0 saturated heterocycles. The van der Waals surface area contributed by atoms with Crippen molar-refractivity contribution >= 4 is 21.6 Å². The van der Waals surface area contributed by atoms with Gasteiger partial charge in [0, 0.05) is 22.8 Å². The number of pyridine rings is 1. The van der Waals surface area contributed by atoms with Crippen LogP contribution in [0.5, 0.6) is 11.6 Å². The van der Waals surface area contributed by atoms with Crippen molar-refractivity contribution in [2.24, 2.45) is 0 Å². The molecule has 0 aliphatic rings. The van der Waals surface area contributed by atoms with Gasteiger partial charge in [-0.3, -0.25) is 10.1 Å². The number of aromatic nitrogens is 1. The van der Waals surface area contributed by atoms with Crippen LogP contribution >= 0.6 is 15.9 Å². The number of nitrogens with zero attached hydrogens (tertiary/aromatic N) is 2. The Labute approximate surface area is 112 Å². The summed E-state index contributed by atoms with van der Waals surface area (Å²) in [5, 5.41) is 10.6. The number of rotatable bonds is 3. The second-order valence-electron chi connectivity index (χ2n) is 3.63. The Hall–Kier alpha value is -1.95. The van der Waals surface area contributed by atoms with E-state index in [0.717, 1.165) is 10.0 Å². The zero-order chi connectivity index (χ0) is 13.1. The number of aryl methyl sites for hydroxylation is 1. The lowest BCUT2D eigenvalue weighted by Crippen LogP contribution is -1.91. The lowest BCUT2D eigenvalue weighted by Gasteiger charge is -2.05. The maximum absolute atomic E-state index is 10.6. The van der Waals surface area contributed by atoms with Gasteiger partial charge in [0.25, 0.3) is 5.69 Å². The average Bonchev–Trinajstić information content (AvgIpc) is 2.34. The Balaban J connectivity index is 2.25. The van der Waals surface area contributed by atoms with Crippen LogP contribution in [0.1, 0.15) is 5.56 Å². The maximum Gasteiger partial charge on any atom is 0.273 e. The lowest BCUT2D eigenvalue weighted by atomic mass is 10.3. The largest absolute Gasteiger partial charge is 0.439 e. The number of ether oxygens (including phenoxy) is 1. The molecule has 18 heavy (non-hydrogen) atoms. The number of nitro benzene ring substituents is 1. The van der Waals surface area contributed by atoms with Gasteiger partial charge in [-0.05, 0) is 34.5 Å². The molecule has 0 saturated carbocycles. The molecule has 0 aliphatic heterocycles. The minimum atomic E-state index is -0.465. The first-order valence-corrected chi connectivity index (χ1v) is 5.90. The van der Waals surface area contributed by atoms with Gasteiger partial charge in [-0.15, -0.1) is 0 Å². The molecule has 2 rings (SSSR count). The van der Waals surface area contributed by atoms with Crippen molar-refractivity contribution in [2.75, 3.05) is 0 Å². The quantitative estimate of drug-likeness (QED) is 0.638. The van der Waals surface area contributed by atoms with E-state index in [9.17, 15) is 10.1 Å². The second kappa shape index (κ2) is 5.14. The van der Waals surface area contributed by atoms with Gasteiger partial charge in [0.1, 0.15) is 5.75 Å². The molecule has 0 atom stereocenters. The van der Waals surface area contributed by atoms with Gasteiger partial charge in [-0.25, -0.2) is 4.98 Å². The van der Waals surface area contributed by atoms with Gasteiger partial charge in [0.2, 0.25) is 5.88 Å². The fourth-order valence-corrected chi connectivity index (χ4v) is 1.57. The van der Waals surface area contributed by atoms with E-state index in [0.29, 0.717) is 11.6 Å². The molecule has 0 amide bonds. The Morgan fingerprint density at radius 1 is 1.39 bits per heavy atom. The third-order valence-corrected chi connectivity index (χ3v) is 3.10. The lowest BCUT2D eigenvalue weighted by molar-refractivity contribution is -0.384. The van der Waals surface area contributed by atoms with Crippen molar-refractivity contribution in [3.63, 3.8) is 0 Å².